The van der Waals surface area contributed by atoms with Gasteiger partial charge in [-0.2, -0.15) is 0 Å². The van der Waals surface area contributed by atoms with Crippen LogP contribution in [-0.4, -0.2) is 50.5 Å². The fraction of sp³-hybridized carbons (Fsp3) is 0.400. The number of sulfone groups is 1. The highest BCUT2D eigenvalue weighted by Gasteiger charge is 2.30. The number of hydrogen-bond donors (Lipinski definition) is 2. The van der Waals surface area contributed by atoms with Crippen LogP contribution in [0.4, 0.5) is 4.79 Å². The highest BCUT2D eigenvalue weighted by atomic mass is 32.2. The molecular formula is C15H19N3O5S. The summed E-state index contributed by atoms with van der Waals surface area (Å²) in [5.74, 6) is -0.903. The van der Waals surface area contributed by atoms with Gasteiger partial charge in [0.05, 0.1) is 17.5 Å². The normalized spacial score (nSPS) is 16.0. The molecule has 8 nitrogen and oxygen atoms in total. The zero-order chi connectivity index (χ0) is 17.9. The van der Waals surface area contributed by atoms with Gasteiger partial charge in [-0.1, -0.05) is 19.1 Å². The van der Waals surface area contributed by atoms with Crippen molar-refractivity contribution < 1.29 is 22.8 Å². The van der Waals surface area contributed by atoms with Crippen molar-refractivity contribution in [3.05, 3.63) is 29.8 Å². The number of carbonyl (C=O) groups excluding carboxylic acids is 3. The molecule has 1 unspecified atom stereocenters. The summed E-state index contributed by atoms with van der Waals surface area (Å²) in [5, 5.41) is 5.09. The second-order valence-corrected chi connectivity index (χ2v) is 7.52. The van der Waals surface area contributed by atoms with Crippen molar-refractivity contribution in [1.82, 2.24) is 15.5 Å². The van der Waals surface area contributed by atoms with E-state index in [0.717, 1.165) is 16.7 Å². The van der Waals surface area contributed by atoms with Crippen LogP contribution in [0.5, 0.6) is 0 Å². The molecule has 1 aliphatic heterocycles. The topological polar surface area (TPSA) is 113 Å². The number of amides is 4. The van der Waals surface area contributed by atoms with Crippen LogP contribution in [0.1, 0.15) is 24.9 Å². The summed E-state index contributed by atoms with van der Waals surface area (Å²) >= 11 is 0. The molecule has 1 atom stereocenters. The van der Waals surface area contributed by atoms with Gasteiger partial charge in [0.25, 0.3) is 5.91 Å². The van der Waals surface area contributed by atoms with E-state index >= 15 is 0 Å². The predicted molar refractivity (Wildman–Crippen MR) is 85.8 cm³/mol. The standard InChI is InChI=1S/C15H19N3O5S/c1-3-12(10-4-6-11(7-5-10)24(2,22)23)17-13(19)9-18-14(20)8-16-15(18)21/h4-7,12H,3,8-9H2,1-2H3,(H,16,21)(H,17,19). The van der Waals surface area contributed by atoms with Gasteiger partial charge in [0, 0.05) is 6.26 Å². The Balaban J connectivity index is 2.05. The summed E-state index contributed by atoms with van der Waals surface area (Å²) in [4.78, 5) is 36.1. The van der Waals surface area contributed by atoms with Crippen molar-refractivity contribution in [2.24, 2.45) is 0 Å². The maximum absolute atomic E-state index is 12.1. The Morgan fingerprint density at radius 2 is 1.92 bits per heavy atom. The molecule has 2 N–H and O–H groups in total. The van der Waals surface area contributed by atoms with Crippen LogP contribution < -0.4 is 10.6 Å². The van der Waals surface area contributed by atoms with E-state index in [2.05, 4.69) is 10.6 Å². The Hall–Kier alpha value is -2.42. The highest BCUT2D eigenvalue weighted by molar-refractivity contribution is 7.90. The molecule has 130 valence electrons. The molecule has 1 fully saturated rings. The summed E-state index contributed by atoms with van der Waals surface area (Å²) in [5.41, 5.74) is 0.746. The second-order valence-electron chi connectivity index (χ2n) is 5.51. The lowest BCUT2D eigenvalue weighted by Crippen LogP contribution is -2.41. The number of imide groups is 1. The maximum Gasteiger partial charge on any atom is 0.325 e. The van der Waals surface area contributed by atoms with Crippen LogP contribution in [0, 0.1) is 0 Å². The Bertz CT molecular complexity index is 742. The molecule has 2 rings (SSSR count). The van der Waals surface area contributed by atoms with E-state index in [9.17, 15) is 22.8 Å². The first-order chi connectivity index (χ1) is 11.2. The lowest BCUT2D eigenvalue weighted by atomic mass is 10.0. The first-order valence-corrected chi connectivity index (χ1v) is 9.29. The van der Waals surface area contributed by atoms with Gasteiger partial charge in [0.2, 0.25) is 5.91 Å². The largest absolute Gasteiger partial charge is 0.348 e. The number of hydrogen-bond acceptors (Lipinski definition) is 5. The zero-order valence-corrected chi connectivity index (χ0v) is 14.2. The van der Waals surface area contributed by atoms with Crippen molar-refractivity contribution >= 4 is 27.7 Å². The quantitative estimate of drug-likeness (QED) is 0.710. The maximum atomic E-state index is 12.1. The van der Waals surface area contributed by atoms with E-state index in [4.69, 9.17) is 0 Å². The lowest BCUT2D eigenvalue weighted by Gasteiger charge is -2.19. The molecule has 0 radical (unpaired) electrons. The average molecular weight is 353 g/mol. The molecular weight excluding hydrogens is 334 g/mol. The monoisotopic (exact) mass is 353 g/mol. The summed E-state index contributed by atoms with van der Waals surface area (Å²) < 4.78 is 22.9. The molecule has 0 bridgehead atoms. The molecule has 9 heteroatoms. The SMILES string of the molecule is CCC(NC(=O)CN1C(=O)CNC1=O)c1ccc(S(C)(=O)=O)cc1. The van der Waals surface area contributed by atoms with Gasteiger partial charge in [-0.25, -0.2) is 13.2 Å². The van der Waals surface area contributed by atoms with Gasteiger partial charge in [0.15, 0.2) is 9.84 Å². The van der Waals surface area contributed by atoms with Crippen molar-refractivity contribution in [3.8, 4) is 0 Å². The molecule has 1 saturated heterocycles. The molecule has 24 heavy (non-hydrogen) atoms. The van der Waals surface area contributed by atoms with Crippen molar-refractivity contribution in [2.75, 3.05) is 19.3 Å². The summed E-state index contributed by atoms with van der Waals surface area (Å²) in [6.45, 7) is 1.42. The van der Waals surface area contributed by atoms with Crippen LogP contribution in [0.2, 0.25) is 0 Å². The number of carbonyl (C=O) groups is 3. The molecule has 0 saturated carbocycles. The van der Waals surface area contributed by atoms with Crippen LogP contribution in [-0.2, 0) is 19.4 Å². The van der Waals surface area contributed by atoms with Crippen LogP contribution >= 0.6 is 0 Å². The number of rotatable bonds is 6. The highest BCUT2D eigenvalue weighted by Crippen LogP contribution is 2.19. The van der Waals surface area contributed by atoms with E-state index in [1.807, 2.05) is 6.92 Å². The number of nitrogens with one attached hydrogen (secondary N) is 2. The van der Waals surface area contributed by atoms with Crippen molar-refractivity contribution in [2.45, 2.75) is 24.3 Å². The van der Waals surface area contributed by atoms with Crippen molar-refractivity contribution in [1.29, 1.82) is 0 Å². The molecule has 0 aromatic heterocycles. The molecule has 1 heterocycles. The van der Waals surface area contributed by atoms with E-state index in [0.29, 0.717) is 6.42 Å². The van der Waals surface area contributed by atoms with Crippen LogP contribution in [0.3, 0.4) is 0 Å². The summed E-state index contributed by atoms with van der Waals surface area (Å²) in [6.07, 6.45) is 1.70. The predicted octanol–water partition coefficient (Wildman–Crippen LogP) is 0.209. The van der Waals surface area contributed by atoms with Crippen molar-refractivity contribution in [3.63, 3.8) is 0 Å². The number of benzene rings is 1. The molecule has 4 amide bonds. The molecule has 1 aliphatic rings. The third-order valence-electron chi connectivity index (χ3n) is 3.69. The Morgan fingerprint density at radius 1 is 1.29 bits per heavy atom. The first-order valence-electron chi connectivity index (χ1n) is 7.40. The van der Waals surface area contributed by atoms with Gasteiger partial charge in [-0.15, -0.1) is 0 Å². The average Bonchev–Trinajstić information content (AvgIpc) is 2.84. The van der Waals surface area contributed by atoms with E-state index < -0.39 is 27.7 Å². The minimum Gasteiger partial charge on any atom is -0.348 e. The minimum atomic E-state index is -3.28. The molecule has 0 spiro atoms. The van der Waals surface area contributed by atoms with Gasteiger partial charge in [-0.05, 0) is 24.1 Å². The van der Waals surface area contributed by atoms with E-state index in [1.165, 1.54) is 12.1 Å². The third kappa shape index (κ3) is 4.10. The number of nitrogens with zero attached hydrogens (tertiary/aromatic N) is 1. The Morgan fingerprint density at radius 3 is 2.38 bits per heavy atom. The fourth-order valence-electron chi connectivity index (χ4n) is 2.37. The summed E-state index contributed by atoms with van der Waals surface area (Å²) in [6, 6.07) is 5.32. The smallest absolute Gasteiger partial charge is 0.325 e. The molecule has 1 aromatic carbocycles. The van der Waals surface area contributed by atoms with Gasteiger partial charge in [0.1, 0.15) is 6.54 Å². The van der Waals surface area contributed by atoms with Crippen LogP contribution in [0.15, 0.2) is 29.2 Å². The Kier molecular flexibility index (Phi) is 5.23. The van der Waals surface area contributed by atoms with E-state index in [-0.39, 0.29) is 24.0 Å². The zero-order valence-electron chi connectivity index (χ0n) is 13.4. The lowest BCUT2D eigenvalue weighted by molar-refractivity contribution is -0.130. The minimum absolute atomic E-state index is 0.101. The third-order valence-corrected chi connectivity index (χ3v) is 4.82. The fourth-order valence-corrected chi connectivity index (χ4v) is 3.00. The summed E-state index contributed by atoms with van der Waals surface area (Å²) in [7, 11) is -3.28. The second kappa shape index (κ2) is 7.00. The molecule has 0 aliphatic carbocycles. The first kappa shape index (κ1) is 17.9. The van der Waals surface area contributed by atoms with Gasteiger partial charge < -0.3 is 10.6 Å². The number of urea groups is 1. The van der Waals surface area contributed by atoms with E-state index in [1.54, 1.807) is 12.1 Å². The van der Waals surface area contributed by atoms with Gasteiger partial charge >= 0.3 is 6.03 Å². The van der Waals surface area contributed by atoms with Crippen LogP contribution in [0.25, 0.3) is 0 Å². The molecule has 1 aromatic rings. The Labute approximate surface area is 140 Å². The van der Waals surface area contributed by atoms with Gasteiger partial charge in [-0.3, -0.25) is 14.5 Å².